The molecule has 1 fully saturated rings. The molecule has 3 heterocycles. The predicted octanol–water partition coefficient (Wildman–Crippen LogP) is 2.68. The van der Waals surface area contributed by atoms with Gasteiger partial charge in [0.25, 0.3) is 0 Å². The van der Waals surface area contributed by atoms with E-state index in [0.717, 1.165) is 30.2 Å². The summed E-state index contributed by atoms with van der Waals surface area (Å²) in [5.41, 5.74) is 1.06. The second-order valence-electron chi connectivity index (χ2n) is 5.41. The average molecular weight is 289 g/mol. The Morgan fingerprint density at radius 1 is 1.50 bits per heavy atom. The lowest BCUT2D eigenvalue weighted by molar-refractivity contribution is -0.130. The number of imidazole rings is 1. The minimum Gasteiger partial charge on any atom is -0.342 e. The highest BCUT2D eigenvalue weighted by atomic mass is 32.2. The molecule has 106 valence electrons. The molecule has 1 saturated heterocycles. The monoisotopic (exact) mass is 289 g/mol. The molecule has 1 aliphatic heterocycles. The maximum absolute atomic E-state index is 12.2. The topological polar surface area (TPSA) is 37.6 Å². The van der Waals surface area contributed by atoms with Crippen molar-refractivity contribution in [3.63, 3.8) is 0 Å². The number of fused-ring (bicyclic) bond motifs is 1. The molecular formula is C15H19N3OS. The van der Waals surface area contributed by atoms with Crippen LogP contribution in [0.15, 0.2) is 35.7 Å². The van der Waals surface area contributed by atoms with Gasteiger partial charge < -0.3 is 4.90 Å². The van der Waals surface area contributed by atoms with Gasteiger partial charge >= 0.3 is 0 Å². The first-order valence-corrected chi connectivity index (χ1v) is 8.05. The molecule has 0 aromatic carbocycles. The zero-order chi connectivity index (χ0) is 13.9. The summed E-state index contributed by atoms with van der Waals surface area (Å²) in [4.78, 5) is 18.6. The van der Waals surface area contributed by atoms with Crippen LogP contribution in [0, 0.1) is 5.92 Å². The van der Waals surface area contributed by atoms with E-state index in [1.54, 1.807) is 0 Å². The lowest BCUT2D eigenvalue weighted by Gasteiger charge is -2.30. The number of amides is 1. The van der Waals surface area contributed by atoms with Crippen molar-refractivity contribution < 1.29 is 4.79 Å². The summed E-state index contributed by atoms with van der Waals surface area (Å²) in [5.74, 6) is 1.33. The van der Waals surface area contributed by atoms with E-state index in [1.807, 2.05) is 39.9 Å². The maximum atomic E-state index is 12.2. The summed E-state index contributed by atoms with van der Waals surface area (Å²) in [7, 11) is 0. The number of rotatable bonds is 3. The van der Waals surface area contributed by atoms with E-state index in [-0.39, 0.29) is 5.91 Å². The number of hydrogen-bond donors (Lipinski definition) is 0. The van der Waals surface area contributed by atoms with E-state index < -0.39 is 0 Å². The molecule has 2 aromatic rings. The summed E-state index contributed by atoms with van der Waals surface area (Å²) in [6.07, 6.45) is 6.19. The Kier molecular flexibility index (Phi) is 3.96. The third-order valence-corrected chi connectivity index (χ3v) is 4.69. The number of carbonyl (C=O) groups excluding carboxylic acids is 1. The van der Waals surface area contributed by atoms with Crippen LogP contribution in [0.4, 0.5) is 0 Å². The van der Waals surface area contributed by atoms with Crippen LogP contribution in [0.2, 0.25) is 0 Å². The Hall–Kier alpha value is -1.49. The van der Waals surface area contributed by atoms with Gasteiger partial charge in [-0.1, -0.05) is 24.8 Å². The molecule has 0 spiro atoms. The van der Waals surface area contributed by atoms with Crippen LogP contribution in [-0.4, -0.2) is 39.0 Å². The first kappa shape index (κ1) is 13.5. The predicted molar refractivity (Wildman–Crippen MR) is 80.9 cm³/mol. The van der Waals surface area contributed by atoms with Gasteiger partial charge in [-0.25, -0.2) is 4.98 Å². The van der Waals surface area contributed by atoms with Gasteiger partial charge in [-0.3, -0.25) is 9.20 Å². The number of likely N-dealkylation sites (tertiary alicyclic amines) is 1. The number of aromatic nitrogens is 2. The Bertz CT molecular complexity index is 610. The van der Waals surface area contributed by atoms with E-state index in [9.17, 15) is 4.79 Å². The molecular weight excluding hydrogens is 270 g/mol. The van der Waals surface area contributed by atoms with Crippen LogP contribution in [0.1, 0.15) is 19.8 Å². The van der Waals surface area contributed by atoms with Crippen molar-refractivity contribution in [1.82, 2.24) is 14.3 Å². The summed E-state index contributed by atoms with van der Waals surface area (Å²) < 4.78 is 2.02. The van der Waals surface area contributed by atoms with E-state index in [4.69, 9.17) is 0 Å². The third-order valence-electron chi connectivity index (χ3n) is 3.74. The minimum absolute atomic E-state index is 0.231. The van der Waals surface area contributed by atoms with E-state index >= 15 is 0 Å². The minimum atomic E-state index is 0.231. The van der Waals surface area contributed by atoms with Crippen LogP contribution < -0.4 is 0 Å². The zero-order valence-corrected chi connectivity index (χ0v) is 12.5. The summed E-state index contributed by atoms with van der Waals surface area (Å²) in [6, 6.07) is 5.99. The molecule has 5 heteroatoms. The molecule has 4 nitrogen and oxygen atoms in total. The normalized spacial score (nSPS) is 19.4. The van der Waals surface area contributed by atoms with E-state index in [2.05, 4.69) is 11.9 Å². The van der Waals surface area contributed by atoms with Crippen molar-refractivity contribution in [2.45, 2.75) is 24.9 Å². The molecule has 0 unspecified atom stereocenters. The SMILES string of the molecule is C[C@@H]1CCCN(C(=O)CSc2ncc3ccccn23)C1. The number of thioether (sulfide) groups is 1. The molecule has 2 aromatic heterocycles. The van der Waals surface area contributed by atoms with E-state index in [0.29, 0.717) is 11.7 Å². The molecule has 3 rings (SSSR count). The van der Waals surface area contributed by atoms with Gasteiger partial charge in [0, 0.05) is 19.3 Å². The molecule has 20 heavy (non-hydrogen) atoms. The fourth-order valence-corrected chi connectivity index (χ4v) is 3.53. The number of piperidine rings is 1. The lowest BCUT2D eigenvalue weighted by Crippen LogP contribution is -2.40. The largest absolute Gasteiger partial charge is 0.342 e. The molecule has 0 bridgehead atoms. The molecule has 0 radical (unpaired) electrons. The standard InChI is InChI=1S/C15H19N3OS/c1-12-5-4-7-17(10-12)14(19)11-20-15-16-9-13-6-2-3-8-18(13)15/h2-3,6,8-9,12H,4-5,7,10-11H2,1H3/t12-/m1/s1. The van der Waals surface area contributed by atoms with Gasteiger partial charge in [-0.15, -0.1) is 0 Å². The Balaban J connectivity index is 1.63. The smallest absolute Gasteiger partial charge is 0.233 e. The Morgan fingerprint density at radius 3 is 3.25 bits per heavy atom. The van der Waals surface area contributed by atoms with Crippen LogP contribution in [0.25, 0.3) is 5.52 Å². The van der Waals surface area contributed by atoms with Crippen molar-refractivity contribution in [3.8, 4) is 0 Å². The quantitative estimate of drug-likeness (QED) is 0.815. The summed E-state index contributed by atoms with van der Waals surface area (Å²) >= 11 is 1.52. The maximum Gasteiger partial charge on any atom is 0.233 e. The average Bonchev–Trinajstić information content (AvgIpc) is 2.88. The lowest BCUT2D eigenvalue weighted by atomic mass is 10.0. The highest BCUT2D eigenvalue weighted by Gasteiger charge is 2.21. The third kappa shape index (κ3) is 2.82. The molecule has 0 N–H and O–H groups in total. The first-order valence-electron chi connectivity index (χ1n) is 7.06. The highest BCUT2D eigenvalue weighted by Crippen LogP contribution is 2.21. The molecule has 1 atom stereocenters. The number of hydrogen-bond acceptors (Lipinski definition) is 3. The molecule has 0 saturated carbocycles. The molecule has 1 aliphatic rings. The van der Waals surface area contributed by atoms with Gasteiger partial charge in [0.2, 0.25) is 5.91 Å². The fraction of sp³-hybridized carbons (Fsp3) is 0.467. The molecule has 1 amide bonds. The van der Waals surface area contributed by atoms with Crippen LogP contribution in [0.3, 0.4) is 0 Å². The van der Waals surface area contributed by atoms with Crippen molar-refractivity contribution in [2.75, 3.05) is 18.8 Å². The zero-order valence-electron chi connectivity index (χ0n) is 11.7. The van der Waals surface area contributed by atoms with Gasteiger partial charge in [-0.2, -0.15) is 0 Å². The van der Waals surface area contributed by atoms with E-state index in [1.165, 1.54) is 18.2 Å². The van der Waals surface area contributed by atoms with Crippen molar-refractivity contribution in [2.24, 2.45) is 5.92 Å². The van der Waals surface area contributed by atoms with Gasteiger partial charge in [0.15, 0.2) is 5.16 Å². The second-order valence-corrected chi connectivity index (χ2v) is 6.35. The van der Waals surface area contributed by atoms with Gasteiger partial charge in [0.1, 0.15) is 0 Å². The summed E-state index contributed by atoms with van der Waals surface area (Å²) in [6.45, 7) is 4.03. The number of pyridine rings is 1. The van der Waals surface area contributed by atoms with Crippen LogP contribution >= 0.6 is 11.8 Å². The van der Waals surface area contributed by atoms with Gasteiger partial charge in [0.05, 0.1) is 17.5 Å². The fourth-order valence-electron chi connectivity index (χ4n) is 2.66. The van der Waals surface area contributed by atoms with Crippen molar-refractivity contribution in [3.05, 3.63) is 30.6 Å². The number of nitrogens with zero attached hydrogens (tertiary/aromatic N) is 3. The van der Waals surface area contributed by atoms with Crippen LogP contribution in [0.5, 0.6) is 0 Å². The van der Waals surface area contributed by atoms with Crippen LogP contribution in [-0.2, 0) is 4.79 Å². The number of carbonyl (C=O) groups is 1. The molecule has 0 aliphatic carbocycles. The highest BCUT2D eigenvalue weighted by molar-refractivity contribution is 7.99. The van der Waals surface area contributed by atoms with Crippen molar-refractivity contribution in [1.29, 1.82) is 0 Å². The first-order chi connectivity index (χ1) is 9.74. The van der Waals surface area contributed by atoms with Crippen molar-refractivity contribution >= 4 is 23.2 Å². The Morgan fingerprint density at radius 2 is 2.40 bits per heavy atom. The Labute approximate surface area is 123 Å². The summed E-state index contributed by atoms with van der Waals surface area (Å²) in [5, 5.41) is 0.888. The second kappa shape index (κ2) is 5.87. The van der Waals surface area contributed by atoms with Gasteiger partial charge in [-0.05, 0) is 30.9 Å².